The first-order valence-corrected chi connectivity index (χ1v) is 4.76. The van der Waals surface area contributed by atoms with Crippen molar-refractivity contribution in [3.8, 4) is 0 Å². The van der Waals surface area contributed by atoms with Crippen molar-refractivity contribution in [3.63, 3.8) is 0 Å². The van der Waals surface area contributed by atoms with E-state index >= 15 is 0 Å². The summed E-state index contributed by atoms with van der Waals surface area (Å²) in [6, 6.07) is 0. The van der Waals surface area contributed by atoms with Crippen molar-refractivity contribution in [2.24, 2.45) is 5.92 Å². The molecule has 82 valence electrons. The Balaban J connectivity index is 2.16. The summed E-state index contributed by atoms with van der Waals surface area (Å²) in [5, 5.41) is 25.7. The molecule has 1 aromatic rings. The standard InChI is InChI=1S/C8H12N4O3/c13-5-6-1-2-11(4-6)7-3-9-10-8(7)12(14)15/h3,6,13H,1-2,4-5H2,(H,9,10). The van der Waals surface area contributed by atoms with Crippen molar-refractivity contribution in [1.29, 1.82) is 0 Å². The molecule has 0 radical (unpaired) electrons. The van der Waals surface area contributed by atoms with Crippen LogP contribution in [-0.2, 0) is 0 Å². The van der Waals surface area contributed by atoms with Gasteiger partial charge in [0, 0.05) is 25.6 Å². The predicted molar refractivity (Wildman–Crippen MR) is 52.6 cm³/mol. The van der Waals surface area contributed by atoms with Gasteiger partial charge in [-0.3, -0.25) is 0 Å². The molecule has 0 bridgehead atoms. The Kier molecular flexibility index (Phi) is 2.55. The second-order valence-corrected chi connectivity index (χ2v) is 3.64. The van der Waals surface area contributed by atoms with Crippen LogP contribution in [0.2, 0.25) is 0 Å². The highest BCUT2D eigenvalue weighted by atomic mass is 16.6. The fourth-order valence-electron chi connectivity index (χ4n) is 1.84. The molecule has 2 N–H and O–H groups in total. The zero-order chi connectivity index (χ0) is 10.8. The fraction of sp³-hybridized carbons (Fsp3) is 0.625. The van der Waals surface area contributed by atoms with E-state index in [-0.39, 0.29) is 18.3 Å². The molecule has 0 aromatic carbocycles. The van der Waals surface area contributed by atoms with Gasteiger partial charge in [-0.2, -0.15) is 0 Å². The van der Waals surface area contributed by atoms with Gasteiger partial charge in [0.1, 0.15) is 6.20 Å². The number of anilines is 1. The third-order valence-electron chi connectivity index (χ3n) is 2.67. The molecule has 1 aliphatic rings. The van der Waals surface area contributed by atoms with Crippen LogP contribution in [0.15, 0.2) is 6.20 Å². The van der Waals surface area contributed by atoms with Gasteiger partial charge in [-0.15, -0.1) is 5.10 Å². The maximum absolute atomic E-state index is 10.6. The number of aromatic nitrogens is 2. The Morgan fingerprint density at radius 3 is 3.20 bits per heavy atom. The first kappa shape index (κ1) is 9.91. The van der Waals surface area contributed by atoms with Gasteiger partial charge in [-0.1, -0.05) is 5.10 Å². The number of nitrogens with zero attached hydrogens (tertiary/aromatic N) is 3. The van der Waals surface area contributed by atoms with E-state index in [0.717, 1.165) is 13.0 Å². The number of H-pyrrole nitrogens is 1. The lowest BCUT2D eigenvalue weighted by atomic mass is 10.1. The Labute approximate surface area is 85.9 Å². The quantitative estimate of drug-likeness (QED) is 0.548. The zero-order valence-corrected chi connectivity index (χ0v) is 8.09. The maximum atomic E-state index is 10.6. The molecule has 1 aromatic heterocycles. The van der Waals surface area contributed by atoms with Crippen LogP contribution in [0.5, 0.6) is 0 Å². The molecule has 0 spiro atoms. The monoisotopic (exact) mass is 212 g/mol. The number of hydrogen-bond donors (Lipinski definition) is 2. The topological polar surface area (TPSA) is 95.3 Å². The highest BCUT2D eigenvalue weighted by Gasteiger charge is 2.28. The summed E-state index contributed by atoms with van der Waals surface area (Å²) in [4.78, 5) is 12.0. The van der Waals surface area contributed by atoms with Crippen molar-refractivity contribution in [1.82, 2.24) is 10.2 Å². The summed E-state index contributed by atoms with van der Waals surface area (Å²) in [5.74, 6) is 0.132. The van der Waals surface area contributed by atoms with Crippen molar-refractivity contribution in [3.05, 3.63) is 16.3 Å². The van der Waals surface area contributed by atoms with Crippen LogP contribution in [-0.4, -0.2) is 39.9 Å². The molecule has 1 aliphatic heterocycles. The van der Waals surface area contributed by atoms with Crippen molar-refractivity contribution in [2.75, 3.05) is 24.6 Å². The van der Waals surface area contributed by atoms with Crippen molar-refractivity contribution >= 4 is 11.5 Å². The van der Waals surface area contributed by atoms with Crippen molar-refractivity contribution in [2.45, 2.75) is 6.42 Å². The maximum Gasteiger partial charge on any atom is 0.366 e. The Bertz CT molecular complexity index is 365. The number of nitrogens with one attached hydrogen (secondary N) is 1. The number of aliphatic hydroxyl groups excluding tert-OH is 1. The second-order valence-electron chi connectivity index (χ2n) is 3.64. The smallest absolute Gasteiger partial charge is 0.366 e. The van der Waals surface area contributed by atoms with Crippen LogP contribution >= 0.6 is 0 Å². The van der Waals surface area contributed by atoms with Gasteiger partial charge in [0.05, 0.1) is 0 Å². The summed E-state index contributed by atoms with van der Waals surface area (Å²) < 4.78 is 0. The van der Waals surface area contributed by atoms with Gasteiger partial charge >= 0.3 is 5.82 Å². The molecule has 0 aliphatic carbocycles. The molecule has 7 nitrogen and oxygen atoms in total. The van der Waals surface area contributed by atoms with E-state index in [1.807, 2.05) is 4.90 Å². The molecule has 1 atom stereocenters. The minimum absolute atomic E-state index is 0.0754. The van der Waals surface area contributed by atoms with Crippen LogP contribution in [0.1, 0.15) is 6.42 Å². The summed E-state index contributed by atoms with van der Waals surface area (Å²) in [6.45, 7) is 1.50. The highest BCUT2D eigenvalue weighted by molar-refractivity contribution is 5.58. The van der Waals surface area contributed by atoms with E-state index in [2.05, 4.69) is 10.2 Å². The van der Waals surface area contributed by atoms with E-state index < -0.39 is 4.92 Å². The van der Waals surface area contributed by atoms with E-state index in [1.165, 1.54) is 6.20 Å². The third-order valence-corrected chi connectivity index (χ3v) is 2.67. The van der Waals surface area contributed by atoms with Crippen LogP contribution < -0.4 is 4.90 Å². The van der Waals surface area contributed by atoms with E-state index in [4.69, 9.17) is 5.11 Å². The lowest BCUT2D eigenvalue weighted by Gasteiger charge is -2.14. The van der Waals surface area contributed by atoms with E-state index in [1.54, 1.807) is 0 Å². The summed E-state index contributed by atoms with van der Waals surface area (Å²) in [7, 11) is 0. The largest absolute Gasteiger partial charge is 0.396 e. The second kappa shape index (κ2) is 3.85. The molecular weight excluding hydrogens is 200 g/mol. The van der Waals surface area contributed by atoms with Gasteiger partial charge in [-0.25, -0.2) is 0 Å². The first-order valence-electron chi connectivity index (χ1n) is 4.76. The molecule has 2 heterocycles. The highest BCUT2D eigenvalue weighted by Crippen LogP contribution is 2.29. The minimum Gasteiger partial charge on any atom is -0.396 e. The molecule has 1 fully saturated rings. The Morgan fingerprint density at radius 2 is 2.60 bits per heavy atom. The van der Waals surface area contributed by atoms with Gasteiger partial charge in [0.25, 0.3) is 0 Å². The number of aliphatic hydroxyl groups is 1. The van der Waals surface area contributed by atoms with Crippen LogP contribution in [0.4, 0.5) is 11.5 Å². The summed E-state index contributed by atoms with van der Waals surface area (Å²) in [6.07, 6.45) is 2.32. The average Bonchev–Trinajstić information content (AvgIpc) is 2.85. The Morgan fingerprint density at radius 1 is 1.80 bits per heavy atom. The number of nitro groups is 1. The molecule has 2 rings (SSSR count). The van der Waals surface area contributed by atoms with Gasteiger partial charge in [0.15, 0.2) is 5.69 Å². The third kappa shape index (κ3) is 1.78. The molecule has 15 heavy (non-hydrogen) atoms. The molecular formula is C8H12N4O3. The predicted octanol–water partition coefficient (Wildman–Crippen LogP) is 0.136. The first-order chi connectivity index (χ1) is 7.22. The number of hydrogen-bond acceptors (Lipinski definition) is 5. The SMILES string of the molecule is O=[N+]([O-])c1[nH]ncc1N1CCC(CO)C1. The zero-order valence-electron chi connectivity index (χ0n) is 8.09. The molecule has 1 saturated heterocycles. The minimum atomic E-state index is -0.478. The van der Waals surface area contributed by atoms with E-state index in [9.17, 15) is 10.1 Å². The molecule has 7 heteroatoms. The summed E-state index contributed by atoms with van der Waals surface area (Å²) in [5.41, 5.74) is 0.510. The van der Waals surface area contributed by atoms with Gasteiger partial charge < -0.3 is 20.1 Å². The average molecular weight is 212 g/mol. The van der Waals surface area contributed by atoms with Gasteiger partial charge in [0.2, 0.25) is 0 Å². The lowest BCUT2D eigenvalue weighted by molar-refractivity contribution is -0.388. The van der Waals surface area contributed by atoms with E-state index in [0.29, 0.717) is 12.2 Å². The molecule has 1 unspecified atom stereocenters. The van der Waals surface area contributed by atoms with Crippen LogP contribution in [0, 0.1) is 16.0 Å². The molecule has 0 amide bonds. The van der Waals surface area contributed by atoms with Crippen LogP contribution in [0.25, 0.3) is 0 Å². The van der Waals surface area contributed by atoms with Crippen LogP contribution in [0.3, 0.4) is 0 Å². The van der Waals surface area contributed by atoms with Crippen molar-refractivity contribution < 1.29 is 10.0 Å². The number of aromatic amines is 1. The number of rotatable bonds is 3. The Hall–Kier alpha value is -1.63. The fourth-order valence-corrected chi connectivity index (χ4v) is 1.84. The summed E-state index contributed by atoms with van der Waals surface area (Å²) >= 11 is 0. The lowest BCUT2D eigenvalue weighted by Crippen LogP contribution is -2.20. The normalized spacial score (nSPS) is 20.9. The van der Waals surface area contributed by atoms with Gasteiger partial charge in [-0.05, 0) is 11.3 Å². The molecule has 0 saturated carbocycles.